The monoisotopic (exact) mass is 356 g/mol. The molecule has 6 nitrogen and oxygen atoms in total. The Morgan fingerprint density at radius 1 is 1.20 bits per heavy atom. The zero-order valence-electron chi connectivity index (χ0n) is 15.8. The van der Waals surface area contributed by atoms with E-state index >= 15 is 0 Å². The van der Waals surface area contributed by atoms with Crippen molar-refractivity contribution in [2.75, 3.05) is 27.4 Å². The molecule has 1 N–H and O–H groups in total. The van der Waals surface area contributed by atoms with E-state index in [-0.39, 0.29) is 6.67 Å². The van der Waals surface area contributed by atoms with E-state index in [1.54, 1.807) is 14.2 Å². The summed E-state index contributed by atoms with van der Waals surface area (Å²) in [7, 11) is 3.12. The van der Waals surface area contributed by atoms with E-state index < -0.39 is 11.7 Å². The standard InChI is InChI=1S/C18H29FN2O4/c1-18(2,3)25-17(22)20-11-9-14-15(23-4)12-13(8-6-7-10-19)16(21-14)24-5/h12H,6-11H2,1-5H3,(H,20,22). The predicted octanol–water partition coefficient (Wildman–Crippen LogP) is 3.46. The van der Waals surface area contributed by atoms with Crippen molar-refractivity contribution >= 4 is 6.09 Å². The van der Waals surface area contributed by atoms with Crippen LogP contribution in [0.3, 0.4) is 0 Å². The van der Waals surface area contributed by atoms with Crippen LogP contribution >= 0.6 is 0 Å². The Bertz CT molecular complexity index is 559. The van der Waals surface area contributed by atoms with Crippen molar-refractivity contribution in [2.45, 2.75) is 52.1 Å². The van der Waals surface area contributed by atoms with Crippen molar-refractivity contribution in [1.29, 1.82) is 0 Å². The number of rotatable bonds is 9. The number of hydrogen-bond acceptors (Lipinski definition) is 5. The quantitative estimate of drug-likeness (QED) is 0.686. The number of halogens is 1. The van der Waals surface area contributed by atoms with Crippen LogP contribution in [0.5, 0.6) is 11.6 Å². The number of alkyl halides is 1. The molecule has 1 aromatic rings. The van der Waals surface area contributed by atoms with Gasteiger partial charge in [-0.25, -0.2) is 9.78 Å². The van der Waals surface area contributed by atoms with Gasteiger partial charge in [-0.3, -0.25) is 4.39 Å². The van der Waals surface area contributed by atoms with Crippen LogP contribution in [0.25, 0.3) is 0 Å². The minimum absolute atomic E-state index is 0.332. The molecular formula is C18H29FN2O4. The van der Waals surface area contributed by atoms with Crippen LogP contribution in [0, 0.1) is 0 Å². The van der Waals surface area contributed by atoms with Gasteiger partial charge in [0.1, 0.15) is 11.4 Å². The first-order chi connectivity index (χ1) is 11.8. The van der Waals surface area contributed by atoms with Gasteiger partial charge in [-0.05, 0) is 46.1 Å². The lowest BCUT2D eigenvalue weighted by Gasteiger charge is -2.19. The number of methoxy groups -OCH3 is 2. The molecule has 0 saturated heterocycles. The van der Waals surface area contributed by atoms with Crippen LogP contribution < -0.4 is 14.8 Å². The second kappa shape index (κ2) is 10.1. The molecule has 1 heterocycles. The van der Waals surface area contributed by atoms with Crippen LogP contribution in [-0.2, 0) is 17.6 Å². The number of aryl methyl sites for hydroxylation is 1. The van der Waals surface area contributed by atoms with E-state index in [1.807, 2.05) is 26.8 Å². The van der Waals surface area contributed by atoms with Crippen molar-refractivity contribution in [1.82, 2.24) is 10.3 Å². The van der Waals surface area contributed by atoms with Gasteiger partial charge >= 0.3 is 6.09 Å². The number of pyridine rings is 1. The highest BCUT2D eigenvalue weighted by Gasteiger charge is 2.17. The molecule has 0 spiro atoms. The van der Waals surface area contributed by atoms with E-state index in [1.165, 1.54) is 0 Å². The number of nitrogens with zero attached hydrogens (tertiary/aromatic N) is 1. The molecular weight excluding hydrogens is 327 g/mol. The highest BCUT2D eigenvalue weighted by Crippen LogP contribution is 2.27. The smallest absolute Gasteiger partial charge is 0.407 e. The number of alkyl carbamates (subject to hydrolysis) is 1. The maximum Gasteiger partial charge on any atom is 0.407 e. The molecule has 1 aromatic heterocycles. The molecule has 0 bridgehead atoms. The number of aromatic nitrogens is 1. The van der Waals surface area contributed by atoms with Crippen LogP contribution in [0.1, 0.15) is 44.9 Å². The molecule has 0 aliphatic heterocycles. The summed E-state index contributed by atoms with van der Waals surface area (Å²) in [5.41, 5.74) is 1.03. The Hall–Kier alpha value is -2.05. The molecule has 7 heteroatoms. The number of carbonyl (C=O) groups excluding carboxylic acids is 1. The van der Waals surface area contributed by atoms with Gasteiger partial charge in [0.25, 0.3) is 0 Å². The Morgan fingerprint density at radius 3 is 2.48 bits per heavy atom. The van der Waals surface area contributed by atoms with Gasteiger partial charge in [0.2, 0.25) is 5.88 Å². The van der Waals surface area contributed by atoms with E-state index in [0.717, 1.165) is 12.0 Å². The lowest BCUT2D eigenvalue weighted by molar-refractivity contribution is 0.0528. The van der Waals surface area contributed by atoms with Gasteiger partial charge in [0.05, 0.1) is 26.6 Å². The van der Waals surface area contributed by atoms with Crippen molar-refractivity contribution < 1.29 is 23.4 Å². The van der Waals surface area contributed by atoms with Crippen molar-refractivity contribution in [3.8, 4) is 11.6 Å². The number of amides is 1. The number of nitrogens with one attached hydrogen (secondary N) is 1. The van der Waals surface area contributed by atoms with Crippen molar-refractivity contribution in [3.63, 3.8) is 0 Å². The van der Waals surface area contributed by atoms with Gasteiger partial charge in [0.15, 0.2) is 0 Å². The maximum atomic E-state index is 12.3. The topological polar surface area (TPSA) is 69.7 Å². The minimum atomic E-state index is -0.537. The lowest BCUT2D eigenvalue weighted by Crippen LogP contribution is -2.33. The molecule has 25 heavy (non-hydrogen) atoms. The molecule has 1 amide bonds. The fourth-order valence-electron chi connectivity index (χ4n) is 2.27. The van der Waals surface area contributed by atoms with E-state index in [0.29, 0.717) is 43.1 Å². The van der Waals surface area contributed by atoms with Crippen LogP contribution in [-0.4, -0.2) is 44.1 Å². The second-order valence-corrected chi connectivity index (χ2v) is 6.63. The van der Waals surface area contributed by atoms with Gasteiger partial charge in [0, 0.05) is 18.5 Å². The first-order valence-electron chi connectivity index (χ1n) is 8.44. The fraction of sp³-hybridized carbons (Fsp3) is 0.667. The first kappa shape index (κ1) is 21.0. The number of carbonyl (C=O) groups is 1. The van der Waals surface area contributed by atoms with Crippen molar-refractivity contribution in [3.05, 3.63) is 17.3 Å². The molecule has 0 aliphatic rings. The van der Waals surface area contributed by atoms with Gasteiger partial charge in [-0.2, -0.15) is 0 Å². The molecule has 0 fully saturated rings. The van der Waals surface area contributed by atoms with Crippen LogP contribution in [0.15, 0.2) is 6.07 Å². The fourth-order valence-corrected chi connectivity index (χ4v) is 2.27. The molecule has 1 rings (SSSR count). The Balaban J connectivity index is 2.73. The summed E-state index contributed by atoms with van der Waals surface area (Å²) in [4.78, 5) is 16.2. The zero-order chi connectivity index (χ0) is 18.9. The highest BCUT2D eigenvalue weighted by atomic mass is 19.1. The zero-order valence-corrected chi connectivity index (χ0v) is 15.8. The third-order valence-electron chi connectivity index (χ3n) is 3.37. The Kier molecular flexibility index (Phi) is 8.45. The largest absolute Gasteiger partial charge is 0.495 e. The van der Waals surface area contributed by atoms with Gasteiger partial charge in [-0.15, -0.1) is 0 Å². The molecule has 0 saturated carbocycles. The van der Waals surface area contributed by atoms with E-state index in [9.17, 15) is 9.18 Å². The predicted molar refractivity (Wildman–Crippen MR) is 94.2 cm³/mol. The van der Waals surface area contributed by atoms with E-state index in [2.05, 4.69) is 10.3 Å². The van der Waals surface area contributed by atoms with Gasteiger partial charge in [-0.1, -0.05) is 0 Å². The van der Waals surface area contributed by atoms with Crippen molar-refractivity contribution in [2.24, 2.45) is 0 Å². The normalized spacial score (nSPS) is 11.1. The summed E-state index contributed by atoms with van der Waals surface area (Å²) < 4.78 is 28.2. The summed E-state index contributed by atoms with van der Waals surface area (Å²) in [6.45, 7) is 5.46. The minimum Gasteiger partial charge on any atom is -0.495 e. The average molecular weight is 356 g/mol. The summed E-state index contributed by atoms with van der Waals surface area (Å²) in [5.74, 6) is 1.13. The van der Waals surface area contributed by atoms with Crippen LogP contribution in [0.2, 0.25) is 0 Å². The SMILES string of the molecule is COc1cc(CCCCF)c(OC)nc1CCNC(=O)OC(C)(C)C. The third kappa shape index (κ3) is 7.58. The summed E-state index contributed by atoms with van der Waals surface area (Å²) >= 11 is 0. The Morgan fingerprint density at radius 2 is 1.92 bits per heavy atom. The maximum absolute atomic E-state index is 12.3. The molecule has 142 valence electrons. The third-order valence-corrected chi connectivity index (χ3v) is 3.37. The van der Waals surface area contributed by atoms with Gasteiger partial charge < -0.3 is 19.5 Å². The summed E-state index contributed by atoms with van der Waals surface area (Å²) in [5, 5.41) is 2.69. The first-order valence-corrected chi connectivity index (χ1v) is 8.44. The highest BCUT2D eigenvalue weighted by molar-refractivity contribution is 5.67. The van der Waals surface area contributed by atoms with Crippen LogP contribution in [0.4, 0.5) is 9.18 Å². The molecule has 0 unspecified atom stereocenters. The summed E-state index contributed by atoms with van der Waals surface area (Å²) in [6.07, 6.45) is 1.90. The molecule has 0 atom stereocenters. The molecule has 0 radical (unpaired) electrons. The number of ether oxygens (including phenoxy) is 3. The summed E-state index contributed by atoms with van der Waals surface area (Å²) in [6, 6.07) is 1.87. The average Bonchev–Trinajstić information content (AvgIpc) is 2.53. The Labute approximate surface area is 149 Å². The van der Waals surface area contributed by atoms with E-state index in [4.69, 9.17) is 14.2 Å². The number of unbranched alkanes of at least 4 members (excludes halogenated alkanes) is 1. The lowest BCUT2D eigenvalue weighted by atomic mass is 10.1. The number of hydrogen-bond donors (Lipinski definition) is 1. The molecule has 0 aliphatic carbocycles. The molecule has 0 aromatic carbocycles. The second-order valence-electron chi connectivity index (χ2n) is 6.63.